The van der Waals surface area contributed by atoms with Crippen LogP contribution < -0.4 is 9.47 Å². The summed E-state index contributed by atoms with van der Waals surface area (Å²) in [7, 11) is 3.06. The third-order valence-corrected chi connectivity index (χ3v) is 4.02. The molecule has 2 aromatic rings. The monoisotopic (exact) mass is 300 g/mol. The Balaban J connectivity index is 2.59. The van der Waals surface area contributed by atoms with E-state index in [-0.39, 0.29) is 5.97 Å². The number of thiophene rings is 1. The molecule has 0 unspecified atom stereocenters. The zero-order valence-corrected chi connectivity index (χ0v) is 12.4. The fraction of sp³-hybridized carbons (Fsp3) is 0.308. The minimum Gasteiger partial charge on any atom is -0.493 e. The molecule has 0 spiro atoms. The number of benzene rings is 1. The molecule has 0 radical (unpaired) electrons. The SMILES string of the molecule is CCOC(=O)c1cc2c(Cl)c(OC)c(OC)cc2s1. The Kier molecular flexibility index (Phi) is 4.17. The summed E-state index contributed by atoms with van der Waals surface area (Å²) in [6.07, 6.45) is 0. The fourth-order valence-corrected chi connectivity index (χ4v) is 3.12. The Hall–Kier alpha value is -1.46. The second-order valence-electron chi connectivity index (χ2n) is 3.67. The van der Waals surface area contributed by atoms with Crippen molar-refractivity contribution in [3.05, 3.63) is 22.0 Å². The van der Waals surface area contributed by atoms with E-state index in [2.05, 4.69) is 0 Å². The molecule has 0 aliphatic rings. The van der Waals surface area contributed by atoms with E-state index in [0.717, 1.165) is 10.1 Å². The minimum atomic E-state index is -0.349. The van der Waals surface area contributed by atoms with Gasteiger partial charge in [-0.3, -0.25) is 0 Å². The van der Waals surface area contributed by atoms with Gasteiger partial charge in [-0.15, -0.1) is 11.3 Å². The van der Waals surface area contributed by atoms with E-state index >= 15 is 0 Å². The van der Waals surface area contributed by atoms with Crippen LogP contribution in [-0.2, 0) is 4.74 Å². The number of fused-ring (bicyclic) bond motifs is 1. The second kappa shape index (κ2) is 5.67. The molecule has 0 N–H and O–H groups in total. The third kappa shape index (κ3) is 2.48. The normalized spacial score (nSPS) is 10.5. The number of hydrogen-bond donors (Lipinski definition) is 0. The second-order valence-corrected chi connectivity index (χ2v) is 5.13. The van der Waals surface area contributed by atoms with Crippen LogP contribution in [0.4, 0.5) is 0 Å². The number of ether oxygens (including phenoxy) is 3. The van der Waals surface area contributed by atoms with Gasteiger partial charge in [-0.2, -0.15) is 0 Å². The molecule has 102 valence electrons. The molecule has 2 rings (SSSR count). The highest BCUT2D eigenvalue weighted by molar-refractivity contribution is 7.20. The summed E-state index contributed by atoms with van der Waals surface area (Å²) in [5, 5.41) is 1.19. The number of carbonyl (C=O) groups excluding carboxylic acids is 1. The van der Waals surface area contributed by atoms with E-state index in [4.69, 9.17) is 25.8 Å². The maximum Gasteiger partial charge on any atom is 0.348 e. The van der Waals surface area contributed by atoms with E-state index in [1.54, 1.807) is 26.2 Å². The molecule has 1 heterocycles. The van der Waals surface area contributed by atoms with Crippen LogP contribution in [0, 0.1) is 0 Å². The highest BCUT2D eigenvalue weighted by atomic mass is 35.5. The number of hydrogen-bond acceptors (Lipinski definition) is 5. The van der Waals surface area contributed by atoms with Gasteiger partial charge in [0, 0.05) is 16.2 Å². The molecule has 0 atom stereocenters. The molecule has 0 aliphatic carbocycles. The predicted octanol–water partition coefficient (Wildman–Crippen LogP) is 3.75. The van der Waals surface area contributed by atoms with Crippen molar-refractivity contribution in [2.24, 2.45) is 0 Å². The summed E-state index contributed by atoms with van der Waals surface area (Å²) >= 11 is 7.58. The van der Waals surface area contributed by atoms with Crippen LogP contribution >= 0.6 is 22.9 Å². The van der Waals surface area contributed by atoms with Crippen LogP contribution in [0.25, 0.3) is 10.1 Å². The molecular weight excluding hydrogens is 288 g/mol. The van der Waals surface area contributed by atoms with E-state index in [9.17, 15) is 4.79 Å². The van der Waals surface area contributed by atoms with Gasteiger partial charge in [0.15, 0.2) is 11.5 Å². The topological polar surface area (TPSA) is 44.8 Å². The highest BCUT2D eigenvalue weighted by Crippen LogP contribution is 2.43. The average molecular weight is 301 g/mol. The highest BCUT2D eigenvalue weighted by Gasteiger charge is 2.18. The van der Waals surface area contributed by atoms with Crippen molar-refractivity contribution in [2.75, 3.05) is 20.8 Å². The van der Waals surface area contributed by atoms with Crippen molar-refractivity contribution in [2.45, 2.75) is 6.92 Å². The zero-order chi connectivity index (χ0) is 14.0. The van der Waals surface area contributed by atoms with Crippen molar-refractivity contribution in [3.8, 4) is 11.5 Å². The number of rotatable bonds is 4. The smallest absolute Gasteiger partial charge is 0.348 e. The quantitative estimate of drug-likeness (QED) is 0.807. The average Bonchev–Trinajstić information content (AvgIpc) is 2.83. The van der Waals surface area contributed by atoms with Gasteiger partial charge >= 0.3 is 5.97 Å². The van der Waals surface area contributed by atoms with Crippen molar-refractivity contribution in [3.63, 3.8) is 0 Å². The summed E-state index contributed by atoms with van der Waals surface area (Å²) < 4.78 is 16.3. The molecule has 0 saturated heterocycles. The Morgan fingerprint density at radius 2 is 2.05 bits per heavy atom. The molecule has 0 bridgehead atoms. The molecule has 6 heteroatoms. The van der Waals surface area contributed by atoms with E-state index < -0.39 is 0 Å². The first-order valence-corrected chi connectivity index (χ1v) is 6.83. The molecule has 4 nitrogen and oxygen atoms in total. The van der Waals surface area contributed by atoms with Gasteiger partial charge in [-0.05, 0) is 13.0 Å². The number of esters is 1. The Bertz CT molecular complexity index is 621. The lowest BCUT2D eigenvalue weighted by molar-refractivity contribution is 0.0532. The van der Waals surface area contributed by atoms with Crippen LogP contribution in [0.2, 0.25) is 5.02 Å². The van der Waals surface area contributed by atoms with Gasteiger partial charge in [0.25, 0.3) is 0 Å². The molecule has 0 fully saturated rings. The van der Waals surface area contributed by atoms with Gasteiger partial charge in [0.2, 0.25) is 0 Å². The standard InChI is InChI=1S/C13H13ClO4S/c1-4-18-13(15)10-5-7-9(19-10)6-8(16-2)12(17-3)11(7)14/h5-6H,4H2,1-3H3. The number of carbonyl (C=O) groups is 1. The first-order chi connectivity index (χ1) is 9.12. The van der Waals surface area contributed by atoms with Gasteiger partial charge in [0.1, 0.15) is 4.88 Å². The van der Waals surface area contributed by atoms with Gasteiger partial charge in [-0.25, -0.2) is 4.79 Å². The number of halogens is 1. The maximum atomic E-state index is 11.7. The van der Waals surface area contributed by atoms with Crippen LogP contribution in [0.1, 0.15) is 16.6 Å². The predicted molar refractivity (Wildman–Crippen MR) is 75.9 cm³/mol. The van der Waals surface area contributed by atoms with Crippen LogP contribution in [0.15, 0.2) is 12.1 Å². The summed E-state index contributed by atoms with van der Waals surface area (Å²) in [6.45, 7) is 2.11. The summed E-state index contributed by atoms with van der Waals surface area (Å²) in [4.78, 5) is 12.2. The van der Waals surface area contributed by atoms with E-state index in [1.807, 2.05) is 0 Å². The van der Waals surface area contributed by atoms with Crippen molar-refractivity contribution in [1.82, 2.24) is 0 Å². The molecular formula is C13H13ClO4S. The Labute approximate surface area is 119 Å². The van der Waals surface area contributed by atoms with Crippen molar-refractivity contribution >= 4 is 39.0 Å². The first-order valence-electron chi connectivity index (χ1n) is 5.63. The molecule has 1 aromatic heterocycles. The van der Waals surface area contributed by atoms with Gasteiger partial charge in [-0.1, -0.05) is 11.6 Å². The number of methoxy groups -OCH3 is 2. The van der Waals surface area contributed by atoms with E-state index in [1.165, 1.54) is 18.4 Å². The largest absolute Gasteiger partial charge is 0.493 e. The first kappa shape index (κ1) is 14.0. The Morgan fingerprint density at radius 3 is 2.63 bits per heavy atom. The van der Waals surface area contributed by atoms with Crippen molar-refractivity contribution < 1.29 is 19.0 Å². The van der Waals surface area contributed by atoms with Crippen LogP contribution in [-0.4, -0.2) is 26.8 Å². The van der Waals surface area contributed by atoms with Crippen LogP contribution in [0.3, 0.4) is 0 Å². The zero-order valence-electron chi connectivity index (χ0n) is 10.8. The molecule has 19 heavy (non-hydrogen) atoms. The lowest BCUT2D eigenvalue weighted by Gasteiger charge is -2.09. The van der Waals surface area contributed by atoms with Gasteiger partial charge < -0.3 is 14.2 Å². The maximum absolute atomic E-state index is 11.7. The summed E-state index contributed by atoms with van der Waals surface area (Å²) in [5.74, 6) is 0.653. The molecule has 0 saturated carbocycles. The van der Waals surface area contributed by atoms with Gasteiger partial charge in [0.05, 0.1) is 25.8 Å². The lowest BCUT2D eigenvalue weighted by Crippen LogP contribution is -2.01. The molecule has 0 aliphatic heterocycles. The minimum absolute atomic E-state index is 0.341. The molecule has 0 amide bonds. The Morgan fingerprint density at radius 1 is 1.32 bits per heavy atom. The van der Waals surface area contributed by atoms with E-state index in [0.29, 0.717) is 28.0 Å². The summed E-state index contributed by atoms with van der Waals surface area (Å²) in [6, 6.07) is 3.51. The fourth-order valence-electron chi connectivity index (χ4n) is 1.74. The van der Waals surface area contributed by atoms with Crippen LogP contribution in [0.5, 0.6) is 11.5 Å². The third-order valence-electron chi connectivity index (χ3n) is 2.58. The lowest BCUT2D eigenvalue weighted by atomic mass is 10.2. The van der Waals surface area contributed by atoms with Crippen molar-refractivity contribution in [1.29, 1.82) is 0 Å². The molecule has 1 aromatic carbocycles. The summed E-state index contributed by atoms with van der Waals surface area (Å²) in [5.41, 5.74) is 0.